The van der Waals surface area contributed by atoms with Crippen LogP contribution in [0.1, 0.15) is 6.92 Å². The molecule has 2 aromatic carbocycles. The fourth-order valence-corrected chi connectivity index (χ4v) is 3.19. The normalized spacial score (nSPS) is 16.5. The van der Waals surface area contributed by atoms with Gasteiger partial charge in [-0.25, -0.2) is 4.79 Å². The minimum absolute atomic E-state index is 0.242. The largest absolute Gasteiger partial charge is 0.490 e. The summed E-state index contributed by atoms with van der Waals surface area (Å²) in [5, 5.41) is 12.5. The zero-order valence-corrected chi connectivity index (χ0v) is 15.1. The number of amides is 1. The Labute approximate surface area is 153 Å². The predicted octanol–water partition coefficient (Wildman–Crippen LogP) is 2.35. The van der Waals surface area contributed by atoms with Crippen molar-refractivity contribution >= 4 is 16.9 Å². The highest BCUT2D eigenvalue weighted by Crippen LogP contribution is 2.25. The van der Waals surface area contributed by atoms with Gasteiger partial charge in [-0.1, -0.05) is 36.4 Å². The molecule has 1 N–H and O–H groups in total. The van der Waals surface area contributed by atoms with Crippen LogP contribution < -0.4 is 4.74 Å². The molecule has 140 valence electrons. The molecule has 0 aliphatic carbocycles. The van der Waals surface area contributed by atoms with Gasteiger partial charge in [-0.15, -0.1) is 0 Å². The Hall–Kier alpha value is -2.31. The third-order valence-electron chi connectivity index (χ3n) is 4.55. The summed E-state index contributed by atoms with van der Waals surface area (Å²) in [7, 11) is 0. The number of β-amino-alcohol motifs (C(OH)–C–C–N with tert-alkyl or cyclic N) is 1. The second-order valence-corrected chi connectivity index (χ2v) is 6.43. The van der Waals surface area contributed by atoms with E-state index >= 15 is 0 Å². The number of fused-ring (bicyclic) bond motifs is 1. The van der Waals surface area contributed by atoms with Gasteiger partial charge in [0.1, 0.15) is 18.5 Å². The predicted molar refractivity (Wildman–Crippen MR) is 100 cm³/mol. The molecule has 1 aliphatic heterocycles. The van der Waals surface area contributed by atoms with Gasteiger partial charge in [-0.3, -0.25) is 4.90 Å². The van der Waals surface area contributed by atoms with Crippen LogP contribution in [0.2, 0.25) is 0 Å². The number of nitrogens with zero attached hydrogens (tertiary/aromatic N) is 2. The quantitative estimate of drug-likeness (QED) is 0.859. The van der Waals surface area contributed by atoms with E-state index in [-0.39, 0.29) is 12.7 Å². The maximum Gasteiger partial charge on any atom is 0.409 e. The number of aliphatic hydroxyl groups excluding tert-OH is 1. The highest BCUT2D eigenvalue weighted by atomic mass is 16.6. The summed E-state index contributed by atoms with van der Waals surface area (Å²) >= 11 is 0. The lowest BCUT2D eigenvalue weighted by Gasteiger charge is -2.34. The first kappa shape index (κ1) is 18.5. The van der Waals surface area contributed by atoms with Gasteiger partial charge in [0.05, 0.1) is 6.61 Å². The van der Waals surface area contributed by atoms with Gasteiger partial charge in [0.25, 0.3) is 0 Å². The number of benzene rings is 2. The Kier molecular flexibility index (Phi) is 6.30. The molecule has 6 heteroatoms. The molecule has 0 radical (unpaired) electrons. The van der Waals surface area contributed by atoms with Gasteiger partial charge in [-0.2, -0.15) is 0 Å². The van der Waals surface area contributed by atoms with Crippen LogP contribution in [0.15, 0.2) is 42.5 Å². The van der Waals surface area contributed by atoms with E-state index in [0.29, 0.717) is 26.2 Å². The molecular weight excluding hydrogens is 332 g/mol. The maximum atomic E-state index is 11.7. The standard InChI is InChI=1S/C20H26N2O4/c1-2-25-20(24)22-12-10-21(11-13-22)14-17(23)15-26-19-9-5-7-16-6-3-4-8-18(16)19/h3-9,17,23H,2,10-15H2,1H3/t17-/m1/s1. The van der Waals surface area contributed by atoms with Crippen molar-refractivity contribution in [1.29, 1.82) is 0 Å². The third kappa shape index (κ3) is 4.65. The lowest BCUT2D eigenvalue weighted by molar-refractivity contribution is 0.0410. The molecule has 0 aromatic heterocycles. The van der Waals surface area contributed by atoms with Crippen molar-refractivity contribution in [2.45, 2.75) is 13.0 Å². The van der Waals surface area contributed by atoms with Crippen LogP contribution in [0.5, 0.6) is 5.75 Å². The first-order valence-electron chi connectivity index (χ1n) is 9.10. The van der Waals surface area contributed by atoms with Crippen molar-refractivity contribution in [3.8, 4) is 5.75 Å². The van der Waals surface area contributed by atoms with Crippen molar-refractivity contribution < 1.29 is 19.4 Å². The molecule has 26 heavy (non-hydrogen) atoms. The van der Waals surface area contributed by atoms with E-state index in [1.807, 2.05) is 42.5 Å². The molecule has 1 atom stereocenters. The van der Waals surface area contributed by atoms with E-state index in [2.05, 4.69) is 4.90 Å². The van der Waals surface area contributed by atoms with Gasteiger partial charge in [0, 0.05) is 38.1 Å². The van der Waals surface area contributed by atoms with E-state index in [0.717, 1.165) is 29.6 Å². The summed E-state index contributed by atoms with van der Waals surface area (Å²) < 4.78 is 10.9. The smallest absolute Gasteiger partial charge is 0.409 e. The number of aliphatic hydroxyl groups is 1. The average Bonchev–Trinajstić information content (AvgIpc) is 2.67. The molecule has 3 rings (SSSR count). The zero-order chi connectivity index (χ0) is 18.4. The second kappa shape index (κ2) is 8.87. The lowest BCUT2D eigenvalue weighted by atomic mass is 10.1. The molecule has 1 saturated heterocycles. The molecule has 1 amide bonds. The second-order valence-electron chi connectivity index (χ2n) is 6.43. The maximum absolute atomic E-state index is 11.7. The number of ether oxygens (including phenoxy) is 2. The molecule has 1 aliphatic rings. The molecule has 0 spiro atoms. The number of carbonyl (C=O) groups excluding carboxylic acids is 1. The zero-order valence-electron chi connectivity index (χ0n) is 15.1. The SMILES string of the molecule is CCOC(=O)N1CCN(C[C@@H](O)COc2cccc3ccccc23)CC1. The molecule has 6 nitrogen and oxygen atoms in total. The van der Waals surface area contributed by atoms with Crippen molar-refractivity contribution in [3.63, 3.8) is 0 Å². The Balaban J connectivity index is 1.46. The molecular formula is C20H26N2O4. The molecule has 1 fully saturated rings. The topological polar surface area (TPSA) is 62.2 Å². The monoisotopic (exact) mass is 358 g/mol. The average molecular weight is 358 g/mol. The van der Waals surface area contributed by atoms with Gasteiger partial charge in [0.2, 0.25) is 0 Å². The highest BCUT2D eigenvalue weighted by Gasteiger charge is 2.23. The summed E-state index contributed by atoms with van der Waals surface area (Å²) in [6, 6.07) is 14.0. The summed E-state index contributed by atoms with van der Waals surface area (Å²) in [6.45, 7) is 5.66. The van der Waals surface area contributed by atoms with Crippen molar-refractivity contribution in [2.75, 3.05) is 45.9 Å². The Bertz CT molecular complexity index is 723. The number of hydrogen-bond acceptors (Lipinski definition) is 5. The molecule has 0 bridgehead atoms. The van der Waals surface area contributed by atoms with Crippen LogP contribution in [-0.4, -0.2) is 73.0 Å². The van der Waals surface area contributed by atoms with Crippen LogP contribution in [0.3, 0.4) is 0 Å². The van der Waals surface area contributed by atoms with Crippen LogP contribution >= 0.6 is 0 Å². The minimum atomic E-state index is -0.580. The number of rotatable bonds is 6. The van der Waals surface area contributed by atoms with E-state index in [4.69, 9.17) is 9.47 Å². The van der Waals surface area contributed by atoms with E-state index in [9.17, 15) is 9.90 Å². The summed E-state index contributed by atoms with van der Waals surface area (Å²) in [6.07, 6.45) is -0.838. The van der Waals surface area contributed by atoms with Gasteiger partial charge in [-0.05, 0) is 18.4 Å². The molecule has 2 aromatic rings. The van der Waals surface area contributed by atoms with Crippen LogP contribution in [-0.2, 0) is 4.74 Å². The number of carbonyl (C=O) groups is 1. The van der Waals surface area contributed by atoms with Crippen LogP contribution in [0.4, 0.5) is 4.79 Å². The van der Waals surface area contributed by atoms with Gasteiger partial charge < -0.3 is 19.5 Å². The van der Waals surface area contributed by atoms with Crippen molar-refractivity contribution in [3.05, 3.63) is 42.5 Å². The number of piperazine rings is 1. The first-order chi connectivity index (χ1) is 12.7. The molecule has 0 unspecified atom stereocenters. The number of hydrogen-bond donors (Lipinski definition) is 1. The summed E-state index contributed by atoms with van der Waals surface area (Å²) in [4.78, 5) is 15.6. The van der Waals surface area contributed by atoms with Crippen molar-refractivity contribution in [2.24, 2.45) is 0 Å². The Morgan fingerprint density at radius 1 is 1.12 bits per heavy atom. The van der Waals surface area contributed by atoms with Crippen LogP contribution in [0, 0.1) is 0 Å². The lowest BCUT2D eigenvalue weighted by Crippen LogP contribution is -2.51. The fourth-order valence-electron chi connectivity index (χ4n) is 3.19. The summed E-state index contributed by atoms with van der Waals surface area (Å²) in [5.74, 6) is 0.786. The minimum Gasteiger partial charge on any atom is -0.490 e. The van der Waals surface area contributed by atoms with E-state index < -0.39 is 6.10 Å². The Morgan fingerprint density at radius 3 is 2.62 bits per heavy atom. The van der Waals surface area contributed by atoms with Crippen molar-refractivity contribution in [1.82, 2.24) is 9.80 Å². The molecule has 0 saturated carbocycles. The Morgan fingerprint density at radius 2 is 1.85 bits per heavy atom. The van der Waals surface area contributed by atoms with E-state index in [1.165, 1.54) is 0 Å². The molecule has 1 heterocycles. The third-order valence-corrected chi connectivity index (χ3v) is 4.55. The highest BCUT2D eigenvalue weighted by molar-refractivity contribution is 5.88. The van der Waals surface area contributed by atoms with E-state index in [1.54, 1.807) is 11.8 Å². The van der Waals surface area contributed by atoms with Gasteiger partial charge >= 0.3 is 6.09 Å². The summed E-state index contributed by atoms with van der Waals surface area (Å²) in [5.41, 5.74) is 0. The fraction of sp³-hybridized carbons (Fsp3) is 0.450. The van der Waals surface area contributed by atoms with Crippen LogP contribution in [0.25, 0.3) is 10.8 Å². The van der Waals surface area contributed by atoms with Gasteiger partial charge in [0.15, 0.2) is 0 Å². The first-order valence-corrected chi connectivity index (χ1v) is 9.10.